The summed E-state index contributed by atoms with van der Waals surface area (Å²) in [6.07, 6.45) is 4.29. The molecule has 0 aliphatic heterocycles. The Bertz CT molecular complexity index is 441. The second-order valence-corrected chi connectivity index (χ2v) is 7.44. The van der Waals surface area contributed by atoms with Crippen LogP contribution in [0.15, 0.2) is 22.7 Å². The van der Waals surface area contributed by atoms with E-state index >= 15 is 0 Å². The summed E-state index contributed by atoms with van der Waals surface area (Å²) in [4.78, 5) is 2.58. The van der Waals surface area contributed by atoms with E-state index in [9.17, 15) is 0 Å². The van der Waals surface area contributed by atoms with Gasteiger partial charge in [-0.05, 0) is 42.5 Å². The van der Waals surface area contributed by atoms with Gasteiger partial charge in [0, 0.05) is 30.1 Å². The van der Waals surface area contributed by atoms with E-state index in [0.29, 0.717) is 6.04 Å². The molecule has 21 heavy (non-hydrogen) atoms. The van der Waals surface area contributed by atoms with Gasteiger partial charge in [-0.2, -0.15) is 0 Å². The number of nitrogens with zero attached hydrogens (tertiary/aromatic N) is 1. The molecule has 1 aromatic rings. The lowest BCUT2D eigenvalue weighted by atomic mass is 9.85. The van der Waals surface area contributed by atoms with Gasteiger partial charge < -0.3 is 5.32 Å². The number of hydrogen-bond donors (Lipinski definition) is 1. The maximum atomic E-state index is 3.75. The fourth-order valence-electron chi connectivity index (χ4n) is 2.74. The van der Waals surface area contributed by atoms with E-state index in [-0.39, 0.29) is 0 Å². The molecule has 1 aliphatic rings. The van der Waals surface area contributed by atoms with Crippen LogP contribution in [0.25, 0.3) is 0 Å². The number of rotatable bonds is 8. The molecular weight excluding hydrogens is 324 g/mol. The summed E-state index contributed by atoms with van der Waals surface area (Å²) in [5.74, 6) is 0.943. The molecule has 0 bridgehead atoms. The van der Waals surface area contributed by atoms with Gasteiger partial charge in [-0.15, -0.1) is 0 Å². The van der Waals surface area contributed by atoms with E-state index in [2.05, 4.69) is 65.1 Å². The minimum Gasteiger partial charge on any atom is -0.310 e. The Balaban J connectivity index is 1.92. The molecule has 1 aromatic carbocycles. The van der Waals surface area contributed by atoms with Gasteiger partial charge in [0.15, 0.2) is 0 Å². The van der Waals surface area contributed by atoms with E-state index in [1.807, 2.05) is 0 Å². The average Bonchev–Trinajstić information content (AvgIpc) is 2.41. The molecule has 0 aromatic heterocycles. The molecule has 2 rings (SSSR count). The highest BCUT2D eigenvalue weighted by Gasteiger charge is 2.20. The van der Waals surface area contributed by atoms with Crippen LogP contribution in [0.2, 0.25) is 0 Å². The summed E-state index contributed by atoms with van der Waals surface area (Å²) < 4.78 is 1.25. The van der Waals surface area contributed by atoms with Crippen molar-refractivity contribution in [3.8, 4) is 0 Å². The Morgan fingerprint density at radius 3 is 2.62 bits per heavy atom. The van der Waals surface area contributed by atoms with Crippen LogP contribution >= 0.6 is 15.9 Å². The summed E-state index contributed by atoms with van der Waals surface area (Å²) in [5.41, 5.74) is 2.76. The first-order valence-corrected chi connectivity index (χ1v) is 9.10. The molecule has 0 saturated heterocycles. The summed E-state index contributed by atoms with van der Waals surface area (Å²) in [6, 6.07) is 7.33. The third-order valence-corrected chi connectivity index (χ3v) is 5.15. The predicted molar refractivity (Wildman–Crippen MR) is 94.4 cm³/mol. The molecule has 1 fully saturated rings. The molecule has 118 valence electrons. The van der Waals surface area contributed by atoms with Crippen molar-refractivity contribution in [2.75, 3.05) is 13.1 Å². The first-order valence-electron chi connectivity index (χ1n) is 8.31. The van der Waals surface area contributed by atoms with E-state index in [0.717, 1.165) is 25.6 Å². The molecule has 2 nitrogen and oxygen atoms in total. The molecule has 1 aliphatic carbocycles. The average molecular weight is 353 g/mol. The third kappa shape index (κ3) is 5.39. The van der Waals surface area contributed by atoms with Gasteiger partial charge in [0.25, 0.3) is 0 Å². The minimum atomic E-state index is 0.529. The van der Waals surface area contributed by atoms with Gasteiger partial charge >= 0.3 is 0 Å². The summed E-state index contributed by atoms with van der Waals surface area (Å²) >= 11 is 3.75. The lowest BCUT2D eigenvalue weighted by Crippen LogP contribution is -2.32. The summed E-state index contributed by atoms with van der Waals surface area (Å²) in [6.45, 7) is 11.0. The normalized spacial score (nSPS) is 15.7. The van der Waals surface area contributed by atoms with Crippen molar-refractivity contribution in [3.05, 3.63) is 33.8 Å². The Morgan fingerprint density at radius 1 is 1.33 bits per heavy atom. The monoisotopic (exact) mass is 352 g/mol. The van der Waals surface area contributed by atoms with Crippen molar-refractivity contribution in [1.82, 2.24) is 10.2 Å². The zero-order valence-corrected chi connectivity index (χ0v) is 15.2. The molecule has 1 saturated carbocycles. The van der Waals surface area contributed by atoms with Crippen molar-refractivity contribution >= 4 is 15.9 Å². The first-order chi connectivity index (χ1) is 10.1. The summed E-state index contributed by atoms with van der Waals surface area (Å²) in [7, 11) is 0. The van der Waals surface area contributed by atoms with Crippen LogP contribution in [-0.2, 0) is 13.1 Å². The van der Waals surface area contributed by atoms with Crippen molar-refractivity contribution in [1.29, 1.82) is 0 Å². The van der Waals surface area contributed by atoms with Gasteiger partial charge in [0.2, 0.25) is 0 Å². The third-order valence-electron chi connectivity index (χ3n) is 4.41. The standard InChI is InChI=1S/C18H29BrN2/c1-4-21(12-15-6-5-7-15)13-17-9-8-16(10-18(17)19)11-20-14(2)3/h8-10,14-15,20H,4-7,11-13H2,1-3H3. The lowest BCUT2D eigenvalue weighted by Gasteiger charge is -2.32. The number of nitrogens with one attached hydrogen (secondary N) is 1. The smallest absolute Gasteiger partial charge is 0.0244 e. The fourth-order valence-corrected chi connectivity index (χ4v) is 3.29. The zero-order valence-electron chi connectivity index (χ0n) is 13.7. The number of halogens is 1. The molecule has 0 unspecified atom stereocenters. The van der Waals surface area contributed by atoms with Gasteiger partial charge in [-0.25, -0.2) is 0 Å². The van der Waals surface area contributed by atoms with E-state index in [1.165, 1.54) is 41.4 Å². The zero-order chi connectivity index (χ0) is 15.2. The van der Waals surface area contributed by atoms with Gasteiger partial charge in [0.1, 0.15) is 0 Å². The minimum absolute atomic E-state index is 0.529. The van der Waals surface area contributed by atoms with Gasteiger partial charge in [0.05, 0.1) is 0 Å². The van der Waals surface area contributed by atoms with Gasteiger partial charge in [-0.3, -0.25) is 4.90 Å². The predicted octanol–water partition coefficient (Wildman–Crippen LogP) is 4.57. The molecule has 3 heteroatoms. The summed E-state index contributed by atoms with van der Waals surface area (Å²) in [5, 5.41) is 3.47. The van der Waals surface area contributed by atoms with Crippen LogP contribution in [0.3, 0.4) is 0 Å². The molecule has 0 heterocycles. The second kappa shape index (κ2) is 8.30. The largest absolute Gasteiger partial charge is 0.310 e. The molecule has 0 radical (unpaired) electrons. The van der Waals surface area contributed by atoms with Crippen molar-refractivity contribution in [2.24, 2.45) is 5.92 Å². The van der Waals surface area contributed by atoms with Crippen LogP contribution in [0.1, 0.15) is 51.2 Å². The molecule has 0 atom stereocenters. The molecule has 0 amide bonds. The highest BCUT2D eigenvalue weighted by atomic mass is 79.9. The second-order valence-electron chi connectivity index (χ2n) is 6.59. The van der Waals surface area contributed by atoms with E-state index in [4.69, 9.17) is 0 Å². The highest BCUT2D eigenvalue weighted by Crippen LogP contribution is 2.28. The van der Waals surface area contributed by atoms with E-state index in [1.54, 1.807) is 0 Å². The van der Waals surface area contributed by atoms with Gasteiger partial charge in [-0.1, -0.05) is 55.3 Å². The Hall–Kier alpha value is -0.380. The Morgan fingerprint density at radius 2 is 2.10 bits per heavy atom. The van der Waals surface area contributed by atoms with Crippen LogP contribution in [0, 0.1) is 5.92 Å². The van der Waals surface area contributed by atoms with Crippen molar-refractivity contribution in [2.45, 2.75) is 59.2 Å². The van der Waals surface area contributed by atoms with Crippen LogP contribution < -0.4 is 5.32 Å². The Labute approximate surface area is 138 Å². The molecule has 1 N–H and O–H groups in total. The first kappa shape index (κ1) is 17.0. The topological polar surface area (TPSA) is 15.3 Å². The van der Waals surface area contributed by atoms with Crippen molar-refractivity contribution in [3.63, 3.8) is 0 Å². The fraction of sp³-hybridized carbons (Fsp3) is 0.667. The van der Waals surface area contributed by atoms with E-state index < -0.39 is 0 Å². The maximum absolute atomic E-state index is 3.75. The number of hydrogen-bond acceptors (Lipinski definition) is 2. The van der Waals surface area contributed by atoms with Crippen LogP contribution in [0.5, 0.6) is 0 Å². The Kier molecular flexibility index (Phi) is 6.72. The van der Waals surface area contributed by atoms with Crippen molar-refractivity contribution < 1.29 is 0 Å². The van der Waals surface area contributed by atoms with Crippen LogP contribution in [-0.4, -0.2) is 24.0 Å². The SMILES string of the molecule is CCN(Cc1ccc(CNC(C)C)cc1Br)CC1CCC1. The molecule has 0 spiro atoms. The molecular formula is C18H29BrN2. The lowest BCUT2D eigenvalue weighted by molar-refractivity contribution is 0.178. The maximum Gasteiger partial charge on any atom is 0.0244 e. The highest BCUT2D eigenvalue weighted by molar-refractivity contribution is 9.10. The quantitative estimate of drug-likeness (QED) is 0.737. The van der Waals surface area contributed by atoms with Crippen LogP contribution in [0.4, 0.5) is 0 Å². The number of benzene rings is 1.